The Morgan fingerprint density at radius 1 is 1.14 bits per heavy atom. The average Bonchev–Trinajstić information content (AvgIpc) is 3.23. The highest BCUT2D eigenvalue weighted by molar-refractivity contribution is 6.09. The van der Waals surface area contributed by atoms with E-state index in [-0.39, 0.29) is 29.6 Å². The molecule has 0 bridgehead atoms. The summed E-state index contributed by atoms with van der Waals surface area (Å²) >= 11 is 0. The summed E-state index contributed by atoms with van der Waals surface area (Å²) < 4.78 is 50.4. The molecular formula is C26H28F3N3O3. The predicted octanol–water partition coefficient (Wildman–Crippen LogP) is 5.76. The van der Waals surface area contributed by atoms with E-state index in [1.807, 2.05) is 38.1 Å². The van der Waals surface area contributed by atoms with E-state index in [0.29, 0.717) is 31.6 Å². The predicted molar refractivity (Wildman–Crippen MR) is 125 cm³/mol. The van der Waals surface area contributed by atoms with Crippen molar-refractivity contribution >= 4 is 16.7 Å². The van der Waals surface area contributed by atoms with E-state index in [1.54, 1.807) is 11.1 Å². The molecule has 9 heteroatoms. The highest BCUT2D eigenvalue weighted by Crippen LogP contribution is 2.34. The quantitative estimate of drug-likeness (QED) is 0.424. The minimum atomic E-state index is -4.47. The summed E-state index contributed by atoms with van der Waals surface area (Å²) in [5, 5.41) is 1.59. The normalized spacial score (nSPS) is 19.1. The number of benzene rings is 1. The van der Waals surface area contributed by atoms with Crippen LogP contribution in [0.15, 0.2) is 48.8 Å². The number of halogens is 3. The van der Waals surface area contributed by atoms with E-state index in [2.05, 4.69) is 16.9 Å². The topological polar surface area (TPSA) is 64.5 Å². The molecule has 0 saturated carbocycles. The summed E-state index contributed by atoms with van der Waals surface area (Å²) in [6.45, 7) is 6.72. The fraction of sp³-hybridized carbons (Fsp3) is 0.423. The van der Waals surface area contributed by atoms with Crippen LogP contribution in [0.3, 0.4) is 0 Å². The van der Waals surface area contributed by atoms with Gasteiger partial charge in [0, 0.05) is 35.8 Å². The molecule has 1 aromatic carbocycles. The number of fused-ring (bicyclic) bond motifs is 1. The van der Waals surface area contributed by atoms with Crippen LogP contribution < -0.4 is 9.47 Å². The second-order valence-corrected chi connectivity index (χ2v) is 8.77. The van der Waals surface area contributed by atoms with Crippen molar-refractivity contribution in [3.63, 3.8) is 0 Å². The first-order valence-corrected chi connectivity index (χ1v) is 11.7. The summed E-state index contributed by atoms with van der Waals surface area (Å²) in [4.78, 5) is 24.0. The van der Waals surface area contributed by atoms with Crippen molar-refractivity contribution in [3.8, 4) is 11.8 Å². The third-order valence-electron chi connectivity index (χ3n) is 6.24. The van der Waals surface area contributed by atoms with E-state index in [1.165, 1.54) is 6.07 Å². The first-order chi connectivity index (χ1) is 16.7. The minimum Gasteiger partial charge on any atom is -0.477 e. The molecule has 0 radical (unpaired) electrons. The number of ether oxygens (including phenoxy) is 2. The van der Waals surface area contributed by atoms with Gasteiger partial charge in [-0.2, -0.15) is 13.2 Å². The van der Waals surface area contributed by atoms with Gasteiger partial charge in [-0.3, -0.25) is 4.79 Å². The van der Waals surface area contributed by atoms with Crippen LogP contribution in [0.25, 0.3) is 10.8 Å². The minimum absolute atomic E-state index is 0.0960. The number of nitrogens with zero attached hydrogens (tertiary/aromatic N) is 3. The lowest BCUT2D eigenvalue weighted by Crippen LogP contribution is -2.45. The van der Waals surface area contributed by atoms with Gasteiger partial charge in [-0.05, 0) is 31.7 Å². The largest absolute Gasteiger partial charge is 0.477 e. The van der Waals surface area contributed by atoms with Gasteiger partial charge in [0.15, 0.2) is 0 Å². The summed E-state index contributed by atoms with van der Waals surface area (Å²) in [5.74, 6) is 0.404. The van der Waals surface area contributed by atoms with E-state index < -0.39 is 17.8 Å². The Labute approximate surface area is 202 Å². The Morgan fingerprint density at radius 3 is 2.57 bits per heavy atom. The van der Waals surface area contributed by atoms with Crippen molar-refractivity contribution < 1.29 is 27.4 Å². The molecule has 6 nitrogen and oxygen atoms in total. The molecule has 0 N–H and O–H groups in total. The molecule has 1 amide bonds. The SMILES string of the molecule is CCOc1ncc2ccccc2c1C(=O)N1CC(C)CC1C(CC)Oc1ccc(C(F)(F)F)cn1. The van der Waals surface area contributed by atoms with Crippen LogP contribution in [0.4, 0.5) is 13.2 Å². The molecule has 2 aromatic heterocycles. The molecule has 1 fully saturated rings. The van der Waals surface area contributed by atoms with Gasteiger partial charge < -0.3 is 14.4 Å². The highest BCUT2D eigenvalue weighted by atomic mass is 19.4. The molecule has 35 heavy (non-hydrogen) atoms. The Bertz CT molecular complexity index is 1180. The van der Waals surface area contributed by atoms with Gasteiger partial charge in [0.25, 0.3) is 5.91 Å². The number of hydrogen-bond acceptors (Lipinski definition) is 5. The van der Waals surface area contributed by atoms with Crippen LogP contribution >= 0.6 is 0 Å². The summed E-state index contributed by atoms with van der Waals surface area (Å²) in [7, 11) is 0. The second-order valence-electron chi connectivity index (χ2n) is 8.77. The number of alkyl halides is 3. The van der Waals surface area contributed by atoms with Crippen molar-refractivity contribution in [3.05, 3.63) is 59.9 Å². The first kappa shape index (κ1) is 24.8. The summed E-state index contributed by atoms with van der Waals surface area (Å²) in [6.07, 6.45) is -1.20. The van der Waals surface area contributed by atoms with E-state index in [9.17, 15) is 18.0 Å². The Hall–Kier alpha value is -3.36. The zero-order valence-corrected chi connectivity index (χ0v) is 19.9. The maximum absolute atomic E-state index is 14.0. The number of carbonyl (C=O) groups excluding carboxylic acids is 1. The number of amides is 1. The second kappa shape index (κ2) is 10.1. The monoisotopic (exact) mass is 487 g/mol. The molecule has 3 atom stereocenters. The van der Waals surface area contributed by atoms with Crippen LogP contribution in [-0.4, -0.2) is 46.1 Å². The van der Waals surface area contributed by atoms with Gasteiger partial charge in [0.1, 0.15) is 11.7 Å². The molecule has 0 spiro atoms. The number of aromatic nitrogens is 2. The number of carbonyl (C=O) groups is 1. The third kappa shape index (κ3) is 5.18. The van der Waals surface area contributed by atoms with Gasteiger partial charge in [0.2, 0.25) is 11.8 Å². The van der Waals surface area contributed by atoms with Crippen LogP contribution in [0, 0.1) is 5.92 Å². The average molecular weight is 488 g/mol. The molecule has 0 aliphatic carbocycles. The van der Waals surface area contributed by atoms with Crippen molar-refractivity contribution in [1.29, 1.82) is 0 Å². The fourth-order valence-corrected chi connectivity index (χ4v) is 4.62. The lowest BCUT2D eigenvalue weighted by atomic mass is 10.0. The van der Waals surface area contributed by atoms with Gasteiger partial charge >= 0.3 is 6.18 Å². The third-order valence-corrected chi connectivity index (χ3v) is 6.24. The van der Waals surface area contributed by atoms with Crippen molar-refractivity contribution in [1.82, 2.24) is 14.9 Å². The molecule has 3 unspecified atom stereocenters. The van der Waals surface area contributed by atoms with Gasteiger partial charge in [-0.15, -0.1) is 0 Å². The lowest BCUT2D eigenvalue weighted by Gasteiger charge is -2.31. The van der Waals surface area contributed by atoms with Crippen molar-refractivity contribution in [2.45, 2.75) is 51.9 Å². The number of rotatable bonds is 7. The first-order valence-electron chi connectivity index (χ1n) is 11.7. The zero-order chi connectivity index (χ0) is 25.2. The fourth-order valence-electron chi connectivity index (χ4n) is 4.62. The molecule has 3 aromatic rings. The summed E-state index contributed by atoms with van der Waals surface area (Å²) in [5.41, 5.74) is -0.428. The smallest absolute Gasteiger partial charge is 0.417 e. The van der Waals surface area contributed by atoms with Crippen LogP contribution in [0.5, 0.6) is 11.8 Å². The van der Waals surface area contributed by atoms with Gasteiger partial charge in [0.05, 0.1) is 18.2 Å². The van der Waals surface area contributed by atoms with Crippen molar-refractivity contribution in [2.75, 3.05) is 13.2 Å². The van der Waals surface area contributed by atoms with E-state index in [4.69, 9.17) is 9.47 Å². The maximum atomic E-state index is 14.0. The van der Waals surface area contributed by atoms with Crippen LogP contribution in [0.1, 0.15) is 49.5 Å². The molecule has 1 aliphatic heterocycles. The Balaban J connectivity index is 1.65. The number of hydrogen-bond donors (Lipinski definition) is 0. The number of likely N-dealkylation sites (tertiary alicyclic amines) is 1. The zero-order valence-electron chi connectivity index (χ0n) is 19.9. The van der Waals surface area contributed by atoms with E-state index >= 15 is 0 Å². The molecule has 4 rings (SSSR count). The Morgan fingerprint density at radius 2 is 1.91 bits per heavy atom. The van der Waals surface area contributed by atoms with Gasteiger partial charge in [-0.25, -0.2) is 9.97 Å². The van der Waals surface area contributed by atoms with Crippen molar-refractivity contribution in [2.24, 2.45) is 5.92 Å². The maximum Gasteiger partial charge on any atom is 0.417 e. The highest BCUT2D eigenvalue weighted by Gasteiger charge is 2.40. The molecule has 186 valence electrons. The lowest BCUT2D eigenvalue weighted by molar-refractivity contribution is -0.137. The molecule has 1 aliphatic rings. The molecular weight excluding hydrogens is 459 g/mol. The Kier molecular flexibility index (Phi) is 7.14. The molecule has 1 saturated heterocycles. The number of pyridine rings is 2. The van der Waals surface area contributed by atoms with Crippen LogP contribution in [0.2, 0.25) is 0 Å². The van der Waals surface area contributed by atoms with Crippen LogP contribution in [-0.2, 0) is 6.18 Å². The summed E-state index contributed by atoms with van der Waals surface area (Å²) in [6, 6.07) is 9.42. The van der Waals surface area contributed by atoms with Gasteiger partial charge in [-0.1, -0.05) is 38.1 Å². The standard InChI is InChI=1S/C26H28F3N3O3/c1-4-21(35-22-11-10-18(14-30-22)26(27,28)29)20-12-16(3)15-32(20)25(33)23-19-9-7-6-8-17(19)13-31-24(23)34-5-2/h6-11,13-14,16,20-21H,4-5,12,15H2,1-3H3. The molecule has 3 heterocycles. The van der Waals surface area contributed by atoms with E-state index in [0.717, 1.165) is 23.0 Å².